The van der Waals surface area contributed by atoms with Gasteiger partial charge in [0.05, 0.1) is 35.9 Å². The molecular weight excluding hydrogens is 379 g/mol. The topological polar surface area (TPSA) is 60.0 Å². The maximum absolute atomic E-state index is 14.0. The van der Waals surface area contributed by atoms with E-state index in [1.807, 2.05) is 36.7 Å². The van der Waals surface area contributed by atoms with Crippen LogP contribution in [-0.2, 0) is 0 Å². The molecule has 2 aliphatic rings. The average molecular weight is 402 g/mol. The normalized spacial score (nSPS) is 21.4. The first-order chi connectivity index (χ1) is 14.7. The summed E-state index contributed by atoms with van der Waals surface area (Å²) in [5.74, 6) is 0.707. The third-order valence-corrected chi connectivity index (χ3v) is 6.14. The number of alkyl halides is 1. The van der Waals surface area contributed by atoms with Gasteiger partial charge < -0.3 is 5.32 Å². The molecule has 2 aliphatic carbocycles. The number of hydrogen-bond donors (Lipinski definition) is 1. The fourth-order valence-corrected chi connectivity index (χ4v) is 4.29. The van der Waals surface area contributed by atoms with E-state index < -0.39 is 6.17 Å². The van der Waals surface area contributed by atoms with Gasteiger partial charge in [-0.25, -0.2) is 14.4 Å². The van der Waals surface area contributed by atoms with Crippen LogP contribution in [0.2, 0.25) is 0 Å². The van der Waals surface area contributed by atoms with Crippen molar-refractivity contribution in [1.82, 2.24) is 24.1 Å². The van der Waals surface area contributed by atoms with Crippen molar-refractivity contribution in [3.8, 4) is 22.5 Å². The second-order valence-electron chi connectivity index (χ2n) is 8.34. The summed E-state index contributed by atoms with van der Waals surface area (Å²) in [6.07, 6.45) is 12.0. The smallest absolute Gasteiger partial charge is 0.137 e. The van der Waals surface area contributed by atoms with Crippen molar-refractivity contribution in [2.75, 3.05) is 5.32 Å². The van der Waals surface area contributed by atoms with Crippen LogP contribution in [0.1, 0.15) is 38.1 Å². The Kier molecular flexibility index (Phi) is 4.07. The van der Waals surface area contributed by atoms with Crippen molar-refractivity contribution < 1.29 is 4.39 Å². The van der Waals surface area contributed by atoms with Crippen molar-refractivity contribution >= 4 is 11.5 Å². The summed E-state index contributed by atoms with van der Waals surface area (Å²) >= 11 is 0. The van der Waals surface area contributed by atoms with Crippen molar-refractivity contribution in [2.45, 2.75) is 50.4 Å². The van der Waals surface area contributed by atoms with Crippen LogP contribution in [0.25, 0.3) is 28.2 Å². The van der Waals surface area contributed by atoms with E-state index in [9.17, 15) is 4.39 Å². The average Bonchev–Trinajstić information content (AvgIpc) is 3.16. The minimum atomic E-state index is -0.801. The SMILES string of the molecule is F[C@H]1CCC[C@@H]1Nc1cccc(-c2cnc3ccc(-c4cnn(C5CC5)c4)cn23)n1. The molecule has 1 N–H and O–H groups in total. The molecular formula is C23H23FN6. The van der Waals surface area contributed by atoms with Crippen molar-refractivity contribution in [2.24, 2.45) is 0 Å². The summed E-state index contributed by atoms with van der Waals surface area (Å²) in [4.78, 5) is 9.29. The molecule has 7 heteroatoms. The Balaban J connectivity index is 1.34. The summed E-state index contributed by atoms with van der Waals surface area (Å²) in [7, 11) is 0. The molecule has 152 valence electrons. The molecule has 0 radical (unpaired) electrons. The molecule has 4 heterocycles. The summed E-state index contributed by atoms with van der Waals surface area (Å²) in [6.45, 7) is 0. The third-order valence-electron chi connectivity index (χ3n) is 6.14. The van der Waals surface area contributed by atoms with Crippen LogP contribution in [0.3, 0.4) is 0 Å². The molecule has 2 atom stereocenters. The summed E-state index contributed by atoms with van der Waals surface area (Å²) in [6, 6.07) is 10.3. The van der Waals surface area contributed by atoms with Crippen molar-refractivity contribution in [3.05, 3.63) is 55.1 Å². The molecule has 0 unspecified atom stereocenters. The lowest BCUT2D eigenvalue weighted by atomic mass is 10.1. The molecule has 6 rings (SSSR count). The highest BCUT2D eigenvalue weighted by Crippen LogP contribution is 2.35. The van der Waals surface area contributed by atoms with Gasteiger partial charge in [-0.15, -0.1) is 0 Å². The van der Waals surface area contributed by atoms with E-state index in [0.29, 0.717) is 18.3 Å². The van der Waals surface area contributed by atoms with E-state index in [1.165, 1.54) is 12.8 Å². The number of hydrogen-bond acceptors (Lipinski definition) is 4. The van der Waals surface area contributed by atoms with Crippen LogP contribution >= 0.6 is 0 Å². The van der Waals surface area contributed by atoms with Crippen LogP contribution in [0.5, 0.6) is 0 Å². The number of rotatable bonds is 5. The lowest BCUT2D eigenvalue weighted by Crippen LogP contribution is -2.25. The molecule has 0 amide bonds. The maximum Gasteiger partial charge on any atom is 0.137 e. The van der Waals surface area contributed by atoms with E-state index in [0.717, 1.165) is 41.0 Å². The van der Waals surface area contributed by atoms with E-state index >= 15 is 0 Å². The number of imidazole rings is 1. The van der Waals surface area contributed by atoms with Gasteiger partial charge in [-0.1, -0.05) is 6.07 Å². The number of nitrogens with zero attached hydrogens (tertiary/aromatic N) is 5. The first kappa shape index (κ1) is 17.6. The summed E-state index contributed by atoms with van der Waals surface area (Å²) < 4.78 is 18.1. The first-order valence-corrected chi connectivity index (χ1v) is 10.6. The molecule has 0 bridgehead atoms. The highest BCUT2D eigenvalue weighted by molar-refractivity contribution is 5.67. The lowest BCUT2D eigenvalue weighted by Gasteiger charge is -2.16. The predicted octanol–water partition coefficient (Wildman–Crippen LogP) is 4.90. The van der Waals surface area contributed by atoms with Crippen LogP contribution in [0.15, 0.2) is 55.1 Å². The zero-order valence-electron chi connectivity index (χ0n) is 16.6. The second kappa shape index (κ2) is 6.93. The largest absolute Gasteiger partial charge is 0.364 e. The third kappa shape index (κ3) is 3.14. The highest BCUT2D eigenvalue weighted by Gasteiger charge is 2.27. The fraction of sp³-hybridized carbons (Fsp3) is 0.348. The minimum Gasteiger partial charge on any atom is -0.364 e. The number of pyridine rings is 2. The van der Waals surface area contributed by atoms with E-state index in [1.54, 1.807) is 0 Å². The van der Waals surface area contributed by atoms with E-state index in [-0.39, 0.29) is 6.04 Å². The Labute approximate surface area is 173 Å². The van der Waals surface area contributed by atoms with Gasteiger partial charge in [0.15, 0.2) is 0 Å². The monoisotopic (exact) mass is 402 g/mol. The summed E-state index contributed by atoms with van der Waals surface area (Å²) in [5, 5.41) is 7.78. The lowest BCUT2D eigenvalue weighted by molar-refractivity contribution is 0.323. The van der Waals surface area contributed by atoms with Gasteiger partial charge in [-0.2, -0.15) is 5.10 Å². The molecule has 0 aromatic carbocycles. The minimum absolute atomic E-state index is 0.149. The number of aromatic nitrogens is 5. The van der Waals surface area contributed by atoms with Crippen molar-refractivity contribution in [1.29, 1.82) is 0 Å². The molecule has 2 fully saturated rings. The van der Waals surface area contributed by atoms with Gasteiger partial charge in [0.2, 0.25) is 0 Å². The molecule has 6 nitrogen and oxygen atoms in total. The standard InChI is InChI=1S/C23H23FN6/c24-18-3-1-4-19(18)27-22-6-2-5-20(28-22)21-12-25-23-10-7-15(13-29(21)23)16-11-26-30(14-16)17-8-9-17/h2,5-7,10-14,17-19H,1,3-4,8-9H2,(H,27,28)/t18-,19-/m0/s1. The molecule has 4 aromatic heterocycles. The van der Waals surface area contributed by atoms with Crippen LogP contribution in [0.4, 0.5) is 10.2 Å². The Morgan fingerprint density at radius 3 is 2.73 bits per heavy atom. The summed E-state index contributed by atoms with van der Waals surface area (Å²) in [5.41, 5.74) is 4.78. The number of nitrogens with one attached hydrogen (secondary N) is 1. The van der Waals surface area contributed by atoms with Gasteiger partial charge >= 0.3 is 0 Å². The fourth-order valence-electron chi connectivity index (χ4n) is 4.29. The van der Waals surface area contributed by atoms with Gasteiger partial charge in [-0.05, 0) is 56.4 Å². The zero-order chi connectivity index (χ0) is 20.1. The Hall–Kier alpha value is -3.22. The molecule has 0 saturated heterocycles. The predicted molar refractivity (Wildman–Crippen MR) is 114 cm³/mol. The Morgan fingerprint density at radius 1 is 0.967 bits per heavy atom. The number of fused-ring (bicyclic) bond motifs is 1. The quantitative estimate of drug-likeness (QED) is 0.516. The van der Waals surface area contributed by atoms with Gasteiger partial charge in [0, 0.05) is 23.5 Å². The zero-order valence-corrected chi connectivity index (χ0v) is 16.6. The molecule has 0 aliphatic heterocycles. The second-order valence-corrected chi connectivity index (χ2v) is 8.34. The molecule has 4 aromatic rings. The maximum atomic E-state index is 14.0. The Morgan fingerprint density at radius 2 is 1.90 bits per heavy atom. The van der Waals surface area contributed by atoms with Crippen LogP contribution in [-0.4, -0.2) is 36.4 Å². The first-order valence-electron chi connectivity index (χ1n) is 10.6. The van der Waals surface area contributed by atoms with E-state index in [4.69, 9.17) is 4.98 Å². The van der Waals surface area contributed by atoms with Crippen molar-refractivity contribution in [3.63, 3.8) is 0 Å². The van der Waals surface area contributed by atoms with Gasteiger partial charge in [0.1, 0.15) is 17.6 Å². The number of halogens is 1. The molecule has 2 saturated carbocycles. The Bertz CT molecular complexity index is 1210. The highest BCUT2D eigenvalue weighted by atomic mass is 19.1. The van der Waals surface area contributed by atoms with Crippen LogP contribution in [0, 0.1) is 0 Å². The van der Waals surface area contributed by atoms with Gasteiger partial charge in [-0.3, -0.25) is 9.08 Å². The van der Waals surface area contributed by atoms with Gasteiger partial charge in [0.25, 0.3) is 0 Å². The molecule has 30 heavy (non-hydrogen) atoms. The van der Waals surface area contributed by atoms with Crippen LogP contribution < -0.4 is 5.32 Å². The molecule has 0 spiro atoms. The number of anilines is 1. The van der Waals surface area contributed by atoms with E-state index in [2.05, 4.69) is 42.9 Å².